The van der Waals surface area contributed by atoms with E-state index >= 15 is 0 Å². The van der Waals surface area contributed by atoms with Crippen LogP contribution in [0.15, 0.2) is 30.3 Å². The molecule has 0 aliphatic heterocycles. The van der Waals surface area contributed by atoms with Crippen molar-refractivity contribution in [2.24, 2.45) is 0 Å². The van der Waals surface area contributed by atoms with E-state index in [0.29, 0.717) is 18.2 Å². The smallest absolute Gasteiger partial charge is 0.418 e. The molecule has 28 heavy (non-hydrogen) atoms. The van der Waals surface area contributed by atoms with Crippen molar-refractivity contribution in [3.63, 3.8) is 0 Å². The number of hydrogen-bond donors (Lipinski definition) is 2. The zero-order valence-corrected chi connectivity index (χ0v) is 13.2. The van der Waals surface area contributed by atoms with Crippen LogP contribution in [0, 0.1) is 0 Å². The molecule has 150 valence electrons. The van der Waals surface area contributed by atoms with E-state index in [2.05, 4.69) is 9.97 Å². The normalized spacial score (nSPS) is 13.3. The Labute approximate surface area is 149 Å². The minimum atomic E-state index is -5.17. The Bertz CT molecular complexity index is 1050. The maximum Gasteiger partial charge on any atom is 0.418 e. The minimum absolute atomic E-state index is 0.112. The van der Waals surface area contributed by atoms with Crippen LogP contribution in [0.4, 0.5) is 39.5 Å². The number of aromatic amines is 1. The van der Waals surface area contributed by atoms with E-state index in [4.69, 9.17) is 0 Å². The molecule has 3 aromatic rings. The van der Waals surface area contributed by atoms with Gasteiger partial charge < -0.3 is 10.1 Å². The third-order valence-electron chi connectivity index (χ3n) is 3.80. The molecule has 0 saturated carbocycles. The van der Waals surface area contributed by atoms with Crippen LogP contribution in [0.1, 0.15) is 16.7 Å². The first kappa shape index (κ1) is 19.8. The van der Waals surface area contributed by atoms with Gasteiger partial charge in [0.15, 0.2) is 0 Å². The lowest BCUT2D eigenvalue weighted by Crippen LogP contribution is -2.11. The molecular formula is C16H7F9N2O. The van der Waals surface area contributed by atoms with E-state index in [1.54, 1.807) is 0 Å². The Morgan fingerprint density at radius 2 is 1.36 bits per heavy atom. The Morgan fingerprint density at radius 3 is 1.86 bits per heavy atom. The Balaban J connectivity index is 2.22. The highest BCUT2D eigenvalue weighted by atomic mass is 19.4. The number of alkyl halides is 9. The van der Waals surface area contributed by atoms with Gasteiger partial charge in [-0.3, -0.25) is 0 Å². The van der Waals surface area contributed by atoms with E-state index in [1.165, 1.54) is 0 Å². The highest BCUT2D eigenvalue weighted by molar-refractivity contribution is 5.84. The molecule has 0 radical (unpaired) electrons. The molecule has 0 saturated heterocycles. The average molecular weight is 414 g/mol. The summed E-state index contributed by atoms with van der Waals surface area (Å²) < 4.78 is 116. The molecule has 3 rings (SSSR count). The largest absolute Gasteiger partial charge is 0.507 e. The van der Waals surface area contributed by atoms with E-state index in [-0.39, 0.29) is 6.07 Å². The summed E-state index contributed by atoms with van der Waals surface area (Å²) >= 11 is 0. The molecule has 0 bridgehead atoms. The summed E-state index contributed by atoms with van der Waals surface area (Å²) in [7, 11) is 0. The molecule has 0 spiro atoms. The molecule has 1 aromatic heterocycles. The van der Waals surface area contributed by atoms with Gasteiger partial charge in [0, 0.05) is 0 Å². The van der Waals surface area contributed by atoms with Crippen LogP contribution in [-0.2, 0) is 18.5 Å². The molecule has 2 aromatic carbocycles. The fraction of sp³-hybridized carbons (Fsp3) is 0.188. The number of rotatable bonds is 1. The van der Waals surface area contributed by atoms with Gasteiger partial charge in [-0.15, -0.1) is 0 Å². The Morgan fingerprint density at radius 1 is 0.750 bits per heavy atom. The molecular weight excluding hydrogens is 407 g/mol. The van der Waals surface area contributed by atoms with Gasteiger partial charge in [-0.25, -0.2) is 4.98 Å². The van der Waals surface area contributed by atoms with Crippen molar-refractivity contribution in [2.75, 3.05) is 0 Å². The quantitative estimate of drug-likeness (QED) is 0.481. The van der Waals surface area contributed by atoms with Crippen LogP contribution in [0.5, 0.6) is 5.75 Å². The number of aromatic nitrogens is 2. The zero-order chi connectivity index (χ0) is 21.1. The van der Waals surface area contributed by atoms with Crippen molar-refractivity contribution in [2.45, 2.75) is 18.5 Å². The van der Waals surface area contributed by atoms with Crippen molar-refractivity contribution >= 4 is 11.0 Å². The van der Waals surface area contributed by atoms with Crippen LogP contribution in [0.3, 0.4) is 0 Å². The van der Waals surface area contributed by atoms with E-state index in [0.717, 1.165) is 6.07 Å². The summed E-state index contributed by atoms with van der Waals surface area (Å²) in [5.74, 6) is -1.48. The number of nitrogens with zero attached hydrogens (tertiary/aromatic N) is 1. The second-order valence-electron chi connectivity index (χ2n) is 5.73. The van der Waals surface area contributed by atoms with Crippen LogP contribution in [0.2, 0.25) is 0 Å². The van der Waals surface area contributed by atoms with E-state index in [1.807, 2.05) is 0 Å². The number of benzene rings is 2. The highest BCUT2D eigenvalue weighted by Gasteiger charge is 2.39. The van der Waals surface area contributed by atoms with Gasteiger partial charge in [0.2, 0.25) is 0 Å². The van der Waals surface area contributed by atoms with Crippen molar-refractivity contribution in [1.82, 2.24) is 9.97 Å². The number of nitrogens with one attached hydrogen (secondary N) is 1. The highest BCUT2D eigenvalue weighted by Crippen LogP contribution is 2.41. The van der Waals surface area contributed by atoms with E-state index in [9.17, 15) is 44.6 Å². The molecule has 0 aliphatic rings. The maximum absolute atomic E-state index is 13.2. The van der Waals surface area contributed by atoms with Crippen molar-refractivity contribution < 1.29 is 44.6 Å². The first-order chi connectivity index (χ1) is 12.7. The molecule has 0 atom stereocenters. The van der Waals surface area contributed by atoms with Crippen molar-refractivity contribution in [3.8, 4) is 17.1 Å². The van der Waals surface area contributed by atoms with E-state index < -0.39 is 63.4 Å². The van der Waals surface area contributed by atoms with Gasteiger partial charge in [-0.1, -0.05) is 0 Å². The fourth-order valence-electron chi connectivity index (χ4n) is 2.53. The Hall–Kier alpha value is -2.92. The number of halogens is 9. The Kier molecular flexibility index (Phi) is 4.28. The zero-order valence-electron chi connectivity index (χ0n) is 13.2. The SMILES string of the molecule is Oc1cc(C(F)(F)F)ccc1-c1nc2c(C(F)(F)F)cc(C(F)(F)F)cc2[nH]1. The second kappa shape index (κ2) is 6.04. The van der Waals surface area contributed by atoms with Gasteiger partial charge >= 0.3 is 18.5 Å². The standard InChI is InChI=1S/C16H7F9N2O/c17-14(18,19)6-1-2-8(11(28)5-6)13-26-10-4-7(15(20,21)22)3-9(12(10)27-13)16(23,24)25/h1-5,28H,(H,26,27). The average Bonchev–Trinajstić information content (AvgIpc) is 2.94. The summed E-state index contributed by atoms with van der Waals surface area (Å²) in [6.07, 6.45) is -15.0. The van der Waals surface area contributed by atoms with Crippen LogP contribution >= 0.6 is 0 Å². The monoisotopic (exact) mass is 414 g/mol. The number of phenols is 1. The number of hydrogen-bond acceptors (Lipinski definition) is 2. The molecule has 0 fully saturated rings. The predicted molar refractivity (Wildman–Crippen MR) is 78.2 cm³/mol. The van der Waals surface area contributed by atoms with Gasteiger partial charge in [-0.2, -0.15) is 39.5 Å². The van der Waals surface area contributed by atoms with Crippen LogP contribution in [-0.4, -0.2) is 15.1 Å². The number of H-pyrrole nitrogens is 1. The number of aromatic hydroxyl groups is 1. The summed E-state index contributed by atoms with van der Waals surface area (Å²) in [6, 6.07) is 1.90. The first-order valence-electron chi connectivity index (χ1n) is 7.26. The maximum atomic E-state index is 13.2. The fourth-order valence-corrected chi connectivity index (χ4v) is 2.53. The summed E-state index contributed by atoms with van der Waals surface area (Å²) in [5, 5.41) is 9.78. The topological polar surface area (TPSA) is 48.9 Å². The third-order valence-corrected chi connectivity index (χ3v) is 3.80. The summed E-state index contributed by atoms with van der Waals surface area (Å²) in [6.45, 7) is 0. The lowest BCUT2D eigenvalue weighted by molar-refractivity contribution is -0.142. The number of imidazole rings is 1. The molecule has 12 heteroatoms. The van der Waals surface area contributed by atoms with Gasteiger partial charge in [0.05, 0.1) is 27.8 Å². The molecule has 1 heterocycles. The second-order valence-corrected chi connectivity index (χ2v) is 5.73. The predicted octanol–water partition coefficient (Wildman–Crippen LogP) is 5.99. The molecule has 0 amide bonds. The molecule has 0 unspecified atom stereocenters. The molecule has 2 N–H and O–H groups in total. The third kappa shape index (κ3) is 3.58. The lowest BCUT2D eigenvalue weighted by atomic mass is 10.1. The van der Waals surface area contributed by atoms with Gasteiger partial charge in [0.25, 0.3) is 0 Å². The number of phenolic OH excluding ortho intramolecular Hbond substituents is 1. The summed E-state index contributed by atoms with van der Waals surface area (Å²) in [4.78, 5) is 5.72. The summed E-state index contributed by atoms with van der Waals surface area (Å²) in [5.41, 5.74) is -6.40. The molecule has 0 aliphatic carbocycles. The van der Waals surface area contributed by atoms with Crippen LogP contribution in [0.25, 0.3) is 22.4 Å². The lowest BCUT2D eigenvalue weighted by Gasteiger charge is -2.11. The molecule has 3 nitrogen and oxygen atoms in total. The van der Waals surface area contributed by atoms with Crippen LogP contribution < -0.4 is 0 Å². The van der Waals surface area contributed by atoms with Crippen molar-refractivity contribution in [3.05, 3.63) is 47.0 Å². The first-order valence-corrected chi connectivity index (χ1v) is 7.26. The minimum Gasteiger partial charge on any atom is -0.507 e. The van der Waals surface area contributed by atoms with Gasteiger partial charge in [0.1, 0.15) is 17.1 Å². The number of fused-ring (bicyclic) bond motifs is 1. The van der Waals surface area contributed by atoms with Gasteiger partial charge in [-0.05, 0) is 30.3 Å². The van der Waals surface area contributed by atoms with Crippen molar-refractivity contribution in [1.29, 1.82) is 0 Å².